The first-order chi connectivity index (χ1) is 8.29. The molecule has 1 saturated carbocycles. The van der Waals surface area contributed by atoms with Crippen LogP contribution in [0.25, 0.3) is 0 Å². The van der Waals surface area contributed by atoms with Gasteiger partial charge in [0, 0.05) is 13.0 Å². The maximum atomic E-state index is 11.8. The lowest BCUT2D eigenvalue weighted by molar-refractivity contribution is -0.139. The lowest BCUT2D eigenvalue weighted by Crippen LogP contribution is -2.47. The van der Waals surface area contributed by atoms with Crippen molar-refractivity contribution in [2.24, 2.45) is 5.92 Å². The van der Waals surface area contributed by atoms with Crippen molar-refractivity contribution in [2.75, 3.05) is 6.54 Å². The third-order valence-electron chi connectivity index (χ3n) is 2.57. The standard InChI is InChI=1S/C10H15F3N2O3/c11-10(12,13)4-1-5-14-9(18)15-7(8(16)17)6-2-3-6/h6-7H,1-5H2,(H,16,17)(H2,14,15,18). The molecule has 1 aliphatic carbocycles. The van der Waals surface area contributed by atoms with E-state index in [0.29, 0.717) is 0 Å². The highest BCUT2D eigenvalue weighted by Gasteiger charge is 2.37. The van der Waals surface area contributed by atoms with E-state index in [-0.39, 0.29) is 18.9 Å². The predicted molar refractivity (Wildman–Crippen MR) is 56.0 cm³/mol. The zero-order chi connectivity index (χ0) is 13.8. The number of nitrogens with one attached hydrogen (secondary N) is 2. The molecule has 0 aromatic rings. The van der Waals surface area contributed by atoms with Crippen LogP contribution in [0.15, 0.2) is 0 Å². The van der Waals surface area contributed by atoms with Crippen LogP contribution >= 0.6 is 0 Å². The summed E-state index contributed by atoms with van der Waals surface area (Å²) in [6.07, 6.45) is -3.96. The Morgan fingerprint density at radius 2 is 1.94 bits per heavy atom. The molecule has 18 heavy (non-hydrogen) atoms. The van der Waals surface area contributed by atoms with Gasteiger partial charge in [0.15, 0.2) is 0 Å². The van der Waals surface area contributed by atoms with E-state index in [9.17, 15) is 22.8 Å². The van der Waals surface area contributed by atoms with Gasteiger partial charge in [0.25, 0.3) is 0 Å². The van der Waals surface area contributed by atoms with Gasteiger partial charge in [0.2, 0.25) is 0 Å². The minimum atomic E-state index is -4.24. The molecule has 1 aliphatic rings. The number of urea groups is 1. The molecule has 5 nitrogen and oxygen atoms in total. The second kappa shape index (κ2) is 5.92. The molecule has 0 radical (unpaired) electrons. The molecule has 0 aromatic carbocycles. The number of aliphatic carboxylic acids is 1. The van der Waals surface area contributed by atoms with Crippen LogP contribution < -0.4 is 10.6 Å². The molecule has 0 aliphatic heterocycles. The van der Waals surface area contributed by atoms with Gasteiger partial charge < -0.3 is 15.7 Å². The summed E-state index contributed by atoms with van der Waals surface area (Å²) in [4.78, 5) is 22.0. The highest BCUT2D eigenvalue weighted by molar-refractivity contribution is 5.83. The first-order valence-corrected chi connectivity index (χ1v) is 5.63. The molecule has 3 N–H and O–H groups in total. The summed E-state index contributed by atoms with van der Waals surface area (Å²) in [6.45, 7) is -0.137. The SMILES string of the molecule is O=C(NCCCC(F)(F)F)NC(C(=O)O)C1CC1. The number of rotatable bonds is 6. The number of carboxylic acids is 1. The fourth-order valence-electron chi connectivity index (χ4n) is 1.49. The largest absolute Gasteiger partial charge is 0.480 e. The number of hydrogen-bond acceptors (Lipinski definition) is 2. The Bertz CT molecular complexity index is 316. The van der Waals surface area contributed by atoms with Crippen LogP contribution in [0.3, 0.4) is 0 Å². The molecule has 2 amide bonds. The lowest BCUT2D eigenvalue weighted by atomic mass is 10.2. The molecule has 1 unspecified atom stereocenters. The highest BCUT2D eigenvalue weighted by atomic mass is 19.4. The molecule has 104 valence electrons. The van der Waals surface area contributed by atoms with Crippen LogP contribution in [0.1, 0.15) is 25.7 Å². The molecule has 0 saturated heterocycles. The summed E-state index contributed by atoms with van der Waals surface area (Å²) in [7, 11) is 0. The molecule has 1 rings (SSSR count). The van der Waals surface area contributed by atoms with Crippen LogP contribution in [0.5, 0.6) is 0 Å². The van der Waals surface area contributed by atoms with Crippen molar-refractivity contribution in [2.45, 2.75) is 37.9 Å². The first-order valence-electron chi connectivity index (χ1n) is 5.63. The van der Waals surface area contributed by atoms with Crippen molar-refractivity contribution in [3.05, 3.63) is 0 Å². The molecule has 0 spiro atoms. The number of carbonyl (C=O) groups is 2. The second-order valence-corrected chi connectivity index (χ2v) is 4.27. The van der Waals surface area contributed by atoms with E-state index in [4.69, 9.17) is 5.11 Å². The molecule has 1 fully saturated rings. The van der Waals surface area contributed by atoms with Gasteiger partial charge in [-0.05, 0) is 25.2 Å². The highest BCUT2D eigenvalue weighted by Crippen LogP contribution is 2.32. The minimum absolute atomic E-state index is 0.0663. The maximum Gasteiger partial charge on any atom is 0.389 e. The Hall–Kier alpha value is -1.47. The monoisotopic (exact) mass is 268 g/mol. The van der Waals surface area contributed by atoms with Crippen molar-refractivity contribution in [1.82, 2.24) is 10.6 Å². The Morgan fingerprint density at radius 3 is 2.39 bits per heavy atom. The van der Waals surface area contributed by atoms with E-state index in [1.807, 2.05) is 0 Å². The van der Waals surface area contributed by atoms with Gasteiger partial charge in [-0.1, -0.05) is 0 Å². The Kier molecular flexibility index (Phi) is 4.80. The Balaban J connectivity index is 2.18. The molecule has 0 aromatic heterocycles. The third kappa shape index (κ3) is 5.74. The van der Waals surface area contributed by atoms with Gasteiger partial charge in [-0.15, -0.1) is 0 Å². The number of halogens is 3. The van der Waals surface area contributed by atoms with E-state index in [0.717, 1.165) is 12.8 Å². The fourth-order valence-corrected chi connectivity index (χ4v) is 1.49. The fraction of sp³-hybridized carbons (Fsp3) is 0.800. The van der Waals surface area contributed by atoms with Crippen molar-refractivity contribution >= 4 is 12.0 Å². The third-order valence-corrected chi connectivity index (χ3v) is 2.57. The Labute approximate surface area is 102 Å². The number of amides is 2. The zero-order valence-corrected chi connectivity index (χ0v) is 9.59. The predicted octanol–water partition coefficient (Wildman–Crippen LogP) is 1.49. The zero-order valence-electron chi connectivity index (χ0n) is 9.59. The van der Waals surface area contributed by atoms with Crippen molar-refractivity contribution < 1.29 is 27.9 Å². The van der Waals surface area contributed by atoms with E-state index in [1.54, 1.807) is 0 Å². The smallest absolute Gasteiger partial charge is 0.389 e. The quantitative estimate of drug-likeness (QED) is 0.639. The van der Waals surface area contributed by atoms with Crippen LogP contribution in [-0.2, 0) is 4.79 Å². The van der Waals surface area contributed by atoms with Gasteiger partial charge in [-0.25, -0.2) is 9.59 Å². The van der Waals surface area contributed by atoms with Crippen molar-refractivity contribution in [1.29, 1.82) is 0 Å². The summed E-state index contributed by atoms with van der Waals surface area (Å²) in [5.41, 5.74) is 0. The topological polar surface area (TPSA) is 78.4 Å². The van der Waals surface area contributed by atoms with Crippen LogP contribution in [0.4, 0.5) is 18.0 Å². The van der Waals surface area contributed by atoms with Gasteiger partial charge >= 0.3 is 18.2 Å². The van der Waals surface area contributed by atoms with Gasteiger partial charge in [0.05, 0.1) is 0 Å². The molecular weight excluding hydrogens is 253 g/mol. The normalized spacial score (nSPS) is 17.1. The van der Waals surface area contributed by atoms with Crippen LogP contribution in [-0.4, -0.2) is 35.9 Å². The Morgan fingerprint density at radius 1 is 1.33 bits per heavy atom. The summed E-state index contributed by atoms with van der Waals surface area (Å²) in [5, 5.41) is 13.3. The molecule has 1 atom stereocenters. The van der Waals surface area contributed by atoms with Crippen molar-refractivity contribution in [3.63, 3.8) is 0 Å². The maximum absolute atomic E-state index is 11.8. The van der Waals surface area contributed by atoms with Gasteiger partial charge in [-0.3, -0.25) is 0 Å². The summed E-state index contributed by atoms with van der Waals surface area (Å²) in [5.74, 6) is -1.19. The minimum Gasteiger partial charge on any atom is -0.480 e. The van der Waals surface area contributed by atoms with Crippen LogP contribution in [0, 0.1) is 5.92 Å². The average molecular weight is 268 g/mol. The second-order valence-electron chi connectivity index (χ2n) is 4.27. The average Bonchev–Trinajstić information content (AvgIpc) is 3.03. The summed E-state index contributed by atoms with van der Waals surface area (Å²) < 4.78 is 35.4. The number of alkyl halides is 3. The van der Waals surface area contributed by atoms with Gasteiger partial charge in [-0.2, -0.15) is 13.2 Å². The van der Waals surface area contributed by atoms with E-state index in [2.05, 4.69) is 10.6 Å². The number of carbonyl (C=O) groups excluding carboxylic acids is 1. The molecule has 0 bridgehead atoms. The molecule has 0 heterocycles. The van der Waals surface area contributed by atoms with Crippen LogP contribution in [0.2, 0.25) is 0 Å². The van der Waals surface area contributed by atoms with E-state index < -0.39 is 30.6 Å². The summed E-state index contributed by atoms with van der Waals surface area (Å²) >= 11 is 0. The number of hydrogen-bond donors (Lipinski definition) is 3. The molecule has 8 heteroatoms. The van der Waals surface area contributed by atoms with Crippen molar-refractivity contribution in [3.8, 4) is 0 Å². The van der Waals surface area contributed by atoms with E-state index >= 15 is 0 Å². The summed E-state index contributed by atoms with van der Waals surface area (Å²) in [6, 6.07) is -1.69. The molecular formula is C10H15F3N2O3. The number of carboxylic acid groups (broad SMARTS) is 1. The van der Waals surface area contributed by atoms with E-state index in [1.165, 1.54) is 0 Å². The van der Waals surface area contributed by atoms with Gasteiger partial charge in [0.1, 0.15) is 6.04 Å². The lowest BCUT2D eigenvalue weighted by Gasteiger charge is -2.14. The first kappa shape index (κ1) is 14.6.